The highest BCUT2D eigenvalue weighted by Gasteiger charge is 2.31. The molecule has 0 unspecified atom stereocenters. The Labute approximate surface area is 143 Å². The number of carbonyl (C=O) groups excluding carboxylic acids is 1. The zero-order valence-electron chi connectivity index (χ0n) is 11.4. The first-order chi connectivity index (χ1) is 10.7. The van der Waals surface area contributed by atoms with Crippen LogP contribution in [0.2, 0.25) is 10.2 Å². The number of hydrogen-bond acceptors (Lipinski definition) is 4. The molecule has 4 nitrogen and oxygen atoms in total. The number of amides is 1. The van der Waals surface area contributed by atoms with E-state index >= 15 is 0 Å². The molecule has 1 heterocycles. The van der Waals surface area contributed by atoms with Crippen LogP contribution >= 0.6 is 35.0 Å². The van der Waals surface area contributed by atoms with Gasteiger partial charge in [0, 0.05) is 6.20 Å². The number of halogens is 5. The van der Waals surface area contributed by atoms with E-state index in [4.69, 9.17) is 23.2 Å². The number of benzene rings is 1. The van der Waals surface area contributed by atoms with Gasteiger partial charge in [-0.15, -0.1) is 0 Å². The first-order valence-electron chi connectivity index (χ1n) is 5.97. The van der Waals surface area contributed by atoms with Crippen LogP contribution in [0.25, 0.3) is 0 Å². The van der Waals surface area contributed by atoms with Crippen molar-refractivity contribution in [2.24, 2.45) is 0 Å². The molecule has 0 bridgehead atoms. The first kappa shape index (κ1) is 17.8. The van der Waals surface area contributed by atoms with E-state index in [0.717, 1.165) is 18.2 Å². The third kappa shape index (κ3) is 4.27. The maximum absolute atomic E-state index is 12.7. The minimum Gasteiger partial charge on any atom is -0.320 e. The van der Waals surface area contributed by atoms with Gasteiger partial charge in [0.25, 0.3) is 5.91 Å². The summed E-state index contributed by atoms with van der Waals surface area (Å²) in [6, 6.07) is 2.61. The van der Waals surface area contributed by atoms with Gasteiger partial charge in [0.05, 0.1) is 21.8 Å². The fraction of sp³-hybridized carbons (Fsp3) is 0.154. The van der Waals surface area contributed by atoms with Gasteiger partial charge < -0.3 is 5.32 Å². The second-order valence-corrected chi connectivity index (χ2v) is 5.75. The van der Waals surface area contributed by atoms with Crippen molar-refractivity contribution in [2.75, 3.05) is 11.6 Å². The van der Waals surface area contributed by atoms with Gasteiger partial charge in [0.15, 0.2) is 5.16 Å². The summed E-state index contributed by atoms with van der Waals surface area (Å²) in [5, 5.41) is 2.50. The van der Waals surface area contributed by atoms with Crippen molar-refractivity contribution in [3.63, 3.8) is 0 Å². The molecule has 1 amide bonds. The van der Waals surface area contributed by atoms with Gasteiger partial charge in [-0.25, -0.2) is 9.97 Å². The van der Waals surface area contributed by atoms with Gasteiger partial charge in [0.1, 0.15) is 5.15 Å². The number of nitrogens with zero attached hydrogens (tertiary/aromatic N) is 2. The van der Waals surface area contributed by atoms with Gasteiger partial charge in [-0.3, -0.25) is 4.79 Å². The lowest BCUT2D eigenvalue weighted by molar-refractivity contribution is -0.137. The van der Waals surface area contributed by atoms with E-state index in [0.29, 0.717) is 5.16 Å². The van der Waals surface area contributed by atoms with Crippen LogP contribution in [0, 0.1) is 0 Å². The number of aromatic nitrogens is 2. The number of hydrogen-bond donors (Lipinski definition) is 1. The Hall–Kier alpha value is -1.51. The lowest BCUT2D eigenvalue weighted by atomic mass is 10.2. The molecule has 0 aliphatic heterocycles. The summed E-state index contributed by atoms with van der Waals surface area (Å²) in [6.07, 6.45) is -1.63. The summed E-state index contributed by atoms with van der Waals surface area (Å²) in [4.78, 5) is 19.9. The molecule has 0 atom stereocenters. The summed E-state index contributed by atoms with van der Waals surface area (Å²) < 4.78 is 38.1. The van der Waals surface area contributed by atoms with E-state index < -0.39 is 17.6 Å². The maximum atomic E-state index is 12.7. The summed E-state index contributed by atoms with van der Waals surface area (Å²) in [5.41, 5.74) is -1.19. The Morgan fingerprint density at radius 1 is 1.30 bits per heavy atom. The molecular formula is C13H8Cl2F3N3OS. The Kier molecular flexibility index (Phi) is 5.38. The molecular weight excluding hydrogens is 374 g/mol. The topological polar surface area (TPSA) is 54.9 Å². The van der Waals surface area contributed by atoms with E-state index in [-0.39, 0.29) is 21.4 Å². The first-order valence-corrected chi connectivity index (χ1v) is 7.95. The van der Waals surface area contributed by atoms with Gasteiger partial charge in [-0.2, -0.15) is 13.2 Å². The van der Waals surface area contributed by atoms with Crippen molar-refractivity contribution in [1.82, 2.24) is 9.97 Å². The molecule has 1 aromatic carbocycles. The average Bonchev–Trinajstić information content (AvgIpc) is 2.47. The third-order valence-corrected chi connectivity index (χ3v) is 3.87. The van der Waals surface area contributed by atoms with Gasteiger partial charge in [0.2, 0.25) is 0 Å². The molecule has 23 heavy (non-hydrogen) atoms. The number of rotatable bonds is 3. The average molecular weight is 382 g/mol. The van der Waals surface area contributed by atoms with Crippen LogP contribution in [0.5, 0.6) is 0 Å². The number of anilines is 1. The van der Waals surface area contributed by atoms with Crippen LogP contribution in [0.1, 0.15) is 15.9 Å². The molecule has 0 aliphatic rings. The smallest absolute Gasteiger partial charge is 0.320 e. The monoisotopic (exact) mass is 381 g/mol. The number of nitrogens with one attached hydrogen (secondary N) is 1. The number of carbonyl (C=O) groups is 1. The highest BCUT2D eigenvalue weighted by molar-refractivity contribution is 7.98. The van der Waals surface area contributed by atoms with Crippen molar-refractivity contribution in [1.29, 1.82) is 0 Å². The van der Waals surface area contributed by atoms with Crippen LogP contribution in [0.15, 0.2) is 29.6 Å². The zero-order valence-corrected chi connectivity index (χ0v) is 13.7. The Bertz CT molecular complexity index is 756. The van der Waals surface area contributed by atoms with Crippen molar-refractivity contribution in [3.05, 3.63) is 45.7 Å². The van der Waals surface area contributed by atoms with Gasteiger partial charge >= 0.3 is 6.18 Å². The molecule has 1 N–H and O–H groups in total. The van der Waals surface area contributed by atoms with Crippen molar-refractivity contribution >= 4 is 46.6 Å². The van der Waals surface area contributed by atoms with Gasteiger partial charge in [-0.1, -0.05) is 35.0 Å². The van der Waals surface area contributed by atoms with Crippen molar-refractivity contribution in [3.8, 4) is 0 Å². The minimum atomic E-state index is -4.55. The second kappa shape index (κ2) is 6.94. The normalized spacial score (nSPS) is 11.4. The number of thioether (sulfide) groups is 1. The third-order valence-electron chi connectivity index (χ3n) is 2.69. The van der Waals surface area contributed by atoms with Crippen LogP contribution in [-0.4, -0.2) is 22.1 Å². The second-order valence-electron chi connectivity index (χ2n) is 4.21. The van der Waals surface area contributed by atoms with Crippen LogP contribution in [0.4, 0.5) is 18.9 Å². The molecule has 0 radical (unpaired) electrons. The predicted molar refractivity (Wildman–Crippen MR) is 83.2 cm³/mol. The van der Waals surface area contributed by atoms with E-state index in [1.54, 1.807) is 6.26 Å². The Morgan fingerprint density at radius 2 is 2.00 bits per heavy atom. The Morgan fingerprint density at radius 3 is 2.57 bits per heavy atom. The van der Waals surface area contributed by atoms with Crippen LogP contribution in [-0.2, 0) is 6.18 Å². The van der Waals surface area contributed by atoms with Crippen LogP contribution in [0.3, 0.4) is 0 Å². The molecule has 0 fully saturated rings. The predicted octanol–water partition coefficient (Wildman–Crippen LogP) is 4.78. The van der Waals surface area contributed by atoms with Crippen LogP contribution < -0.4 is 5.32 Å². The molecule has 2 rings (SSSR count). The standard InChI is InChI=1S/C13H8Cl2F3N3OS/c1-23-12-19-5-7(10(15)21-12)11(22)20-9-4-6(13(16,17)18)2-3-8(9)14/h2-5H,1H3,(H,20,22). The Balaban J connectivity index is 2.30. The van der Waals surface area contributed by atoms with E-state index in [9.17, 15) is 18.0 Å². The minimum absolute atomic E-state index is 0.0378. The van der Waals surface area contributed by atoms with E-state index in [1.807, 2.05) is 0 Å². The number of alkyl halides is 3. The lowest BCUT2D eigenvalue weighted by Gasteiger charge is -2.12. The molecule has 0 saturated heterocycles. The molecule has 0 saturated carbocycles. The summed E-state index contributed by atoms with van der Waals surface area (Å²) >= 11 is 12.9. The van der Waals surface area contributed by atoms with Gasteiger partial charge in [-0.05, 0) is 24.5 Å². The molecule has 2 aromatic rings. The molecule has 0 aliphatic carbocycles. The highest BCUT2D eigenvalue weighted by atomic mass is 35.5. The zero-order chi connectivity index (χ0) is 17.2. The lowest BCUT2D eigenvalue weighted by Crippen LogP contribution is -2.15. The maximum Gasteiger partial charge on any atom is 0.416 e. The summed E-state index contributed by atoms with van der Waals surface area (Å²) in [6.45, 7) is 0. The van der Waals surface area contributed by atoms with E-state index in [2.05, 4.69) is 15.3 Å². The van der Waals surface area contributed by atoms with Crippen molar-refractivity contribution in [2.45, 2.75) is 11.3 Å². The van der Waals surface area contributed by atoms with Crippen molar-refractivity contribution < 1.29 is 18.0 Å². The van der Waals surface area contributed by atoms with E-state index in [1.165, 1.54) is 18.0 Å². The SMILES string of the molecule is CSc1ncc(C(=O)Nc2cc(C(F)(F)F)ccc2Cl)c(Cl)n1. The highest BCUT2D eigenvalue weighted by Crippen LogP contribution is 2.34. The largest absolute Gasteiger partial charge is 0.416 e. The fourth-order valence-corrected chi connectivity index (χ4v) is 2.35. The molecule has 1 aromatic heterocycles. The fourth-order valence-electron chi connectivity index (χ4n) is 1.58. The quantitative estimate of drug-likeness (QED) is 0.472. The molecule has 0 spiro atoms. The molecule has 122 valence electrons. The summed E-state index contributed by atoms with van der Waals surface area (Å²) in [7, 11) is 0. The molecule has 10 heteroatoms. The summed E-state index contributed by atoms with van der Waals surface area (Å²) in [5.74, 6) is -0.760.